The summed E-state index contributed by atoms with van der Waals surface area (Å²) in [5.41, 5.74) is 1.63. The quantitative estimate of drug-likeness (QED) is 0.607. The molecular formula is C19H22ClN4O3+. The Morgan fingerprint density at radius 3 is 2.67 bits per heavy atom. The van der Waals surface area contributed by atoms with Gasteiger partial charge in [-0.2, -0.15) is 0 Å². The van der Waals surface area contributed by atoms with Crippen molar-refractivity contribution in [2.45, 2.75) is 6.92 Å². The van der Waals surface area contributed by atoms with Crippen molar-refractivity contribution in [1.29, 1.82) is 0 Å². The summed E-state index contributed by atoms with van der Waals surface area (Å²) >= 11 is 6.13. The number of hydrogen-bond acceptors (Lipinski definition) is 4. The van der Waals surface area contributed by atoms with Crippen molar-refractivity contribution in [2.75, 3.05) is 42.9 Å². The van der Waals surface area contributed by atoms with E-state index in [2.05, 4.69) is 17.1 Å². The number of nitrogens with one attached hydrogen (secondary N) is 2. The highest BCUT2D eigenvalue weighted by Gasteiger charge is 2.22. The fourth-order valence-electron chi connectivity index (χ4n) is 3.26. The molecule has 0 aliphatic carbocycles. The summed E-state index contributed by atoms with van der Waals surface area (Å²) in [5.74, 6) is -0.403. The molecule has 2 aromatic carbocycles. The summed E-state index contributed by atoms with van der Waals surface area (Å²) in [6.45, 7) is 7.15. The summed E-state index contributed by atoms with van der Waals surface area (Å²) in [5, 5.41) is 14.3. The maximum absolute atomic E-state index is 12.6. The van der Waals surface area contributed by atoms with Gasteiger partial charge in [0.25, 0.3) is 11.6 Å². The number of nitro groups is 1. The molecule has 142 valence electrons. The van der Waals surface area contributed by atoms with Crippen molar-refractivity contribution >= 4 is 34.6 Å². The number of nitrogens with zero attached hydrogens (tertiary/aromatic N) is 2. The van der Waals surface area contributed by atoms with Crippen LogP contribution in [0.1, 0.15) is 17.3 Å². The molecule has 2 N–H and O–H groups in total. The average Bonchev–Trinajstić information content (AvgIpc) is 2.68. The van der Waals surface area contributed by atoms with Crippen LogP contribution in [0.5, 0.6) is 0 Å². The molecule has 0 saturated carbocycles. The first kappa shape index (κ1) is 19.1. The van der Waals surface area contributed by atoms with E-state index in [1.54, 1.807) is 23.1 Å². The summed E-state index contributed by atoms with van der Waals surface area (Å²) in [7, 11) is 0. The number of rotatable bonds is 5. The molecule has 7 nitrogen and oxygen atoms in total. The van der Waals surface area contributed by atoms with E-state index in [1.807, 2.05) is 6.07 Å². The number of likely N-dealkylation sites (N-methyl/N-ethyl adjacent to an activating group) is 1. The van der Waals surface area contributed by atoms with E-state index in [0.29, 0.717) is 10.7 Å². The molecule has 0 atom stereocenters. The molecule has 1 heterocycles. The van der Waals surface area contributed by atoms with Gasteiger partial charge in [-0.1, -0.05) is 17.7 Å². The van der Waals surface area contributed by atoms with Crippen LogP contribution in [-0.4, -0.2) is 43.6 Å². The minimum absolute atomic E-state index is 0.118. The van der Waals surface area contributed by atoms with Crippen LogP contribution >= 0.6 is 11.6 Å². The standard InChI is InChI=1S/C19H21ClN4O3/c1-2-22-8-10-23(11-9-22)18-7-6-15(20)13-17(18)21-19(25)14-4-3-5-16(12-14)24(26)27/h3-7,12-13H,2,8-11H2,1H3,(H,21,25)/p+1. The van der Waals surface area contributed by atoms with Crippen LogP contribution in [0.25, 0.3) is 0 Å². The van der Waals surface area contributed by atoms with Crippen LogP contribution in [-0.2, 0) is 0 Å². The SMILES string of the molecule is CC[NH+]1CCN(c2ccc(Cl)cc2NC(=O)c2cccc([N+](=O)[O-])c2)CC1. The van der Waals surface area contributed by atoms with Crippen LogP contribution in [0, 0.1) is 10.1 Å². The number of benzene rings is 2. The molecule has 0 spiro atoms. The van der Waals surface area contributed by atoms with Gasteiger partial charge in [0, 0.05) is 22.7 Å². The largest absolute Gasteiger partial charge is 0.359 e. The Morgan fingerprint density at radius 1 is 1.26 bits per heavy atom. The fourth-order valence-corrected chi connectivity index (χ4v) is 3.43. The van der Waals surface area contributed by atoms with Crippen molar-refractivity contribution in [1.82, 2.24) is 0 Å². The van der Waals surface area contributed by atoms with Gasteiger partial charge in [-0.15, -0.1) is 0 Å². The number of piperazine rings is 1. The monoisotopic (exact) mass is 389 g/mol. The molecule has 8 heteroatoms. The second kappa shape index (κ2) is 8.37. The normalized spacial score (nSPS) is 14.8. The predicted octanol–water partition coefficient (Wildman–Crippen LogP) is 2.23. The number of non-ortho nitro benzene ring substituents is 1. The molecule has 2 aromatic rings. The summed E-state index contributed by atoms with van der Waals surface area (Å²) in [6, 6.07) is 11.1. The van der Waals surface area contributed by atoms with E-state index >= 15 is 0 Å². The lowest BCUT2D eigenvalue weighted by Gasteiger charge is -2.34. The topological polar surface area (TPSA) is 79.9 Å². The molecule has 1 aliphatic heterocycles. The molecule has 0 aromatic heterocycles. The molecule has 1 aliphatic rings. The highest BCUT2D eigenvalue weighted by atomic mass is 35.5. The van der Waals surface area contributed by atoms with Gasteiger partial charge in [0.15, 0.2) is 0 Å². The van der Waals surface area contributed by atoms with Gasteiger partial charge in [-0.25, -0.2) is 0 Å². The van der Waals surface area contributed by atoms with Crippen LogP contribution in [0.3, 0.4) is 0 Å². The number of hydrogen-bond donors (Lipinski definition) is 2. The van der Waals surface area contributed by atoms with Crippen molar-refractivity contribution in [2.24, 2.45) is 0 Å². The van der Waals surface area contributed by atoms with Crippen molar-refractivity contribution in [3.8, 4) is 0 Å². The smallest absolute Gasteiger partial charge is 0.270 e. The first-order chi connectivity index (χ1) is 13.0. The van der Waals surface area contributed by atoms with Crippen LogP contribution in [0.15, 0.2) is 42.5 Å². The Bertz CT molecular complexity index is 851. The molecule has 3 rings (SSSR count). The maximum atomic E-state index is 12.6. The first-order valence-electron chi connectivity index (χ1n) is 8.92. The van der Waals surface area contributed by atoms with E-state index in [1.165, 1.54) is 18.2 Å². The van der Waals surface area contributed by atoms with Gasteiger partial charge < -0.3 is 15.1 Å². The summed E-state index contributed by atoms with van der Waals surface area (Å²) in [4.78, 5) is 26.8. The molecule has 0 bridgehead atoms. The third-order valence-corrected chi connectivity index (χ3v) is 5.07. The van der Waals surface area contributed by atoms with Crippen LogP contribution in [0.4, 0.5) is 17.1 Å². The molecule has 1 amide bonds. The first-order valence-corrected chi connectivity index (χ1v) is 9.29. The minimum atomic E-state index is -0.517. The van der Waals surface area contributed by atoms with E-state index in [-0.39, 0.29) is 11.3 Å². The van der Waals surface area contributed by atoms with Crippen molar-refractivity contribution in [3.05, 3.63) is 63.2 Å². The Hall–Kier alpha value is -2.64. The fraction of sp³-hybridized carbons (Fsp3) is 0.316. The molecule has 0 unspecified atom stereocenters. The molecule has 27 heavy (non-hydrogen) atoms. The van der Waals surface area contributed by atoms with E-state index < -0.39 is 10.8 Å². The van der Waals surface area contributed by atoms with Crippen molar-refractivity contribution < 1.29 is 14.6 Å². The second-order valence-corrected chi connectivity index (χ2v) is 6.95. The van der Waals surface area contributed by atoms with Gasteiger partial charge >= 0.3 is 0 Å². The molecule has 0 radical (unpaired) electrons. The third kappa shape index (κ3) is 4.56. The lowest BCUT2D eigenvalue weighted by Crippen LogP contribution is -3.14. The number of halogens is 1. The third-order valence-electron chi connectivity index (χ3n) is 4.84. The predicted molar refractivity (Wildman–Crippen MR) is 106 cm³/mol. The lowest BCUT2D eigenvalue weighted by molar-refractivity contribution is -0.898. The zero-order chi connectivity index (χ0) is 19.4. The second-order valence-electron chi connectivity index (χ2n) is 6.51. The summed E-state index contributed by atoms with van der Waals surface area (Å²) < 4.78 is 0. The Kier molecular flexibility index (Phi) is 5.93. The molecule has 1 fully saturated rings. The molecular weight excluding hydrogens is 368 g/mol. The van der Waals surface area contributed by atoms with Gasteiger partial charge in [0.2, 0.25) is 0 Å². The average molecular weight is 390 g/mol. The highest BCUT2D eigenvalue weighted by Crippen LogP contribution is 2.30. The number of anilines is 2. The Morgan fingerprint density at radius 2 is 2.00 bits per heavy atom. The summed E-state index contributed by atoms with van der Waals surface area (Å²) in [6.07, 6.45) is 0. The van der Waals surface area contributed by atoms with E-state index in [0.717, 1.165) is 38.4 Å². The number of carbonyl (C=O) groups excluding carboxylic acids is 1. The zero-order valence-electron chi connectivity index (χ0n) is 15.1. The number of carbonyl (C=O) groups is 1. The number of quaternary nitrogens is 1. The minimum Gasteiger partial charge on any atom is -0.359 e. The number of nitro benzene ring substituents is 1. The van der Waals surface area contributed by atoms with E-state index in [9.17, 15) is 14.9 Å². The Labute approximate surface area is 162 Å². The van der Waals surface area contributed by atoms with E-state index in [4.69, 9.17) is 11.6 Å². The van der Waals surface area contributed by atoms with Gasteiger partial charge in [0.1, 0.15) is 0 Å². The highest BCUT2D eigenvalue weighted by molar-refractivity contribution is 6.31. The number of amides is 1. The molecule has 1 saturated heterocycles. The van der Waals surface area contributed by atoms with Gasteiger partial charge in [-0.3, -0.25) is 14.9 Å². The van der Waals surface area contributed by atoms with Crippen LogP contribution in [0.2, 0.25) is 5.02 Å². The maximum Gasteiger partial charge on any atom is 0.270 e. The van der Waals surface area contributed by atoms with Gasteiger partial charge in [0.05, 0.1) is 49.0 Å². The lowest BCUT2D eigenvalue weighted by atomic mass is 10.1. The zero-order valence-corrected chi connectivity index (χ0v) is 15.8. The van der Waals surface area contributed by atoms with Gasteiger partial charge in [-0.05, 0) is 31.2 Å². The van der Waals surface area contributed by atoms with Crippen LogP contribution < -0.4 is 15.1 Å². The van der Waals surface area contributed by atoms with Crippen molar-refractivity contribution in [3.63, 3.8) is 0 Å². The Balaban J connectivity index is 1.82.